The van der Waals surface area contributed by atoms with Crippen molar-refractivity contribution >= 4 is 11.9 Å². The lowest BCUT2D eigenvalue weighted by Gasteiger charge is -2.31. The predicted octanol–water partition coefficient (Wildman–Crippen LogP) is 1.67. The summed E-state index contributed by atoms with van der Waals surface area (Å²) in [5.74, 6) is -0.221. The van der Waals surface area contributed by atoms with E-state index in [1.54, 1.807) is 0 Å². The fourth-order valence-electron chi connectivity index (χ4n) is 2.26. The summed E-state index contributed by atoms with van der Waals surface area (Å²) in [6.45, 7) is 8.03. The quantitative estimate of drug-likeness (QED) is 0.690. The Morgan fingerprint density at radius 1 is 1.10 bits per heavy atom. The lowest BCUT2D eigenvalue weighted by Crippen LogP contribution is -2.54. The monoisotopic (exact) mass is 286 g/mol. The highest BCUT2D eigenvalue weighted by atomic mass is 16.5. The van der Waals surface area contributed by atoms with Crippen LogP contribution in [0.3, 0.4) is 0 Å². The van der Waals surface area contributed by atoms with E-state index in [2.05, 4.69) is 12.2 Å². The average Bonchev–Trinajstić information content (AvgIpc) is 2.42. The standard InChI is InChI=1S/C15H30N2O3/c1-8-10(3)12(15(19)20-7)16-14(18)13(17(5)6)11(4)9-2/h10-13H,8-9H2,1-7H3,(H,16,18)/t10-,11-,12-,13-/m0/s1. The van der Waals surface area contributed by atoms with Crippen molar-refractivity contribution in [2.45, 2.75) is 52.6 Å². The summed E-state index contributed by atoms with van der Waals surface area (Å²) in [7, 11) is 5.11. The molecule has 118 valence electrons. The van der Waals surface area contributed by atoms with Gasteiger partial charge in [-0.25, -0.2) is 4.79 Å². The Kier molecular flexibility index (Phi) is 8.46. The zero-order chi connectivity index (χ0) is 15.9. The van der Waals surface area contributed by atoms with Gasteiger partial charge in [0.15, 0.2) is 0 Å². The van der Waals surface area contributed by atoms with Crippen LogP contribution in [0, 0.1) is 11.8 Å². The maximum absolute atomic E-state index is 12.5. The molecular formula is C15H30N2O3. The SMILES string of the molecule is CC[C@H](C)[C@H](NC(=O)[C@H]([C@@H](C)CC)N(C)C)C(=O)OC. The maximum Gasteiger partial charge on any atom is 0.328 e. The van der Waals surface area contributed by atoms with Crippen molar-refractivity contribution < 1.29 is 14.3 Å². The maximum atomic E-state index is 12.5. The van der Waals surface area contributed by atoms with Crippen molar-refractivity contribution in [2.75, 3.05) is 21.2 Å². The van der Waals surface area contributed by atoms with Crippen LogP contribution in [-0.2, 0) is 14.3 Å². The van der Waals surface area contributed by atoms with Crippen molar-refractivity contribution in [3.8, 4) is 0 Å². The lowest BCUT2D eigenvalue weighted by molar-refractivity contribution is -0.147. The first kappa shape index (κ1) is 18.9. The summed E-state index contributed by atoms with van der Waals surface area (Å²) < 4.78 is 4.80. The van der Waals surface area contributed by atoms with E-state index in [9.17, 15) is 9.59 Å². The van der Waals surface area contributed by atoms with Gasteiger partial charge in [0, 0.05) is 0 Å². The van der Waals surface area contributed by atoms with E-state index in [0.29, 0.717) is 0 Å². The molecule has 0 bridgehead atoms. The summed E-state index contributed by atoms with van der Waals surface area (Å²) in [6.07, 6.45) is 1.71. The Labute approximate surface area is 123 Å². The molecule has 0 aliphatic rings. The number of ether oxygens (including phenoxy) is 1. The van der Waals surface area contributed by atoms with E-state index in [4.69, 9.17) is 4.74 Å². The van der Waals surface area contributed by atoms with Crippen molar-refractivity contribution in [1.29, 1.82) is 0 Å². The molecule has 0 aromatic heterocycles. The molecular weight excluding hydrogens is 256 g/mol. The molecule has 20 heavy (non-hydrogen) atoms. The second-order valence-electron chi connectivity index (χ2n) is 5.69. The van der Waals surface area contributed by atoms with Crippen LogP contribution in [0.25, 0.3) is 0 Å². The van der Waals surface area contributed by atoms with Crippen LogP contribution < -0.4 is 5.32 Å². The van der Waals surface area contributed by atoms with Gasteiger partial charge in [-0.1, -0.05) is 40.5 Å². The van der Waals surface area contributed by atoms with Crippen molar-refractivity contribution in [3.05, 3.63) is 0 Å². The van der Waals surface area contributed by atoms with E-state index in [1.165, 1.54) is 7.11 Å². The second-order valence-corrected chi connectivity index (χ2v) is 5.69. The highest BCUT2D eigenvalue weighted by molar-refractivity contribution is 5.87. The Hall–Kier alpha value is -1.10. The number of esters is 1. The molecule has 5 nitrogen and oxygen atoms in total. The van der Waals surface area contributed by atoms with E-state index >= 15 is 0 Å². The molecule has 4 atom stereocenters. The highest BCUT2D eigenvalue weighted by Gasteiger charge is 2.32. The van der Waals surface area contributed by atoms with Gasteiger partial charge in [-0.15, -0.1) is 0 Å². The molecule has 0 heterocycles. The third-order valence-electron chi connectivity index (χ3n) is 3.97. The molecule has 1 N–H and O–H groups in total. The van der Waals surface area contributed by atoms with E-state index in [1.807, 2.05) is 39.8 Å². The third-order valence-corrected chi connectivity index (χ3v) is 3.97. The minimum Gasteiger partial charge on any atom is -0.467 e. The topological polar surface area (TPSA) is 58.6 Å². The predicted molar refractivity (Wildman–Crippen MR) is 80.3 cm³/mol. The Morgan fingerprint density at radius 3 is 1.95 bits per heavy atom. The zero-order valence-corrected chi connectivity index (χ0v) is 13.9. The molecule has 0 saturated carbocycles. The Morgan fingerprint density at radius 2 is 1.60 bits per heavy atom. The summed E-state index contributed by atoms with van der Waals surface area (Å²) in [4.78, 5) is 26.2. The largest absolute Gasteiger partial charge is 0.467 e. The molecule has 0 unspecified atom stereocenters. The van der Waals surface area contributed by atoms with Crippen LogP contribution in [0.5, 0.6) is 0 Å². The van der Waals surface area contributed by atoms with E-state index in [0.717, 1.165) is 12.8 Å². The summed E-state index contributed by atoms with van der Waals surface area (Å²) in [5.41, 5.74) is 0. The van der Waals surface area contributed by atoms with Gasteiger partial charge in [0.2, 0.25) is 5.91 Å². The average molecular weight is 286 g/mol. The molecule has 0 fully saturated rings. The molecule has 0 rings (SSSR count). The van der Waals surface area contributed by atoms with Crippen molar-refractivity contribution in [1.82, 2.24) is 10.2 Å². The number of carbonyl (C=O) groups is 2. The van der Waals surface area contributed by atoms with Crippen LogP contribution in [0.2, 0.25) is 0 Å². The molecule has 0 aliphatic heterocycles. The molecule has 5 heteroatoms. The van der Waals surface area contributed by atoms with Gasteiger partial charge in [0.1, 0.15) is 6.04 Å². The van der Waals surface area contributed by atoms with Crippen LogP contribution in [0.1, 0.15) is 40.5 Å². The Balaban J connectivity index is 5.01. The molecule has 0 spiro atoms. The van der Waals surface area contributed by atoms with Gasteiger partial charge in [-0.05, 0) is 25.9 Å². The second kappa shape index (κ2) is 8.95. The number of hydrogen-bond acceptors (Lipinski definition) is 4. The summed E-state index contributed by atoms with van der Waals surface area (Å²) in [6, 6.07) is -0.819. The smallest absolute Gasteiger partial charge is 0.328 e. The van der Waals surface area contributed by atoms with Gasteiger partial charge >= 0.3 is 5.97 Å². The normalized spacial score (nSPS) is 17.2. The van der Waals surface area contributed by atoms with Gasteiger partial charge in [-0.2, -0.15) is 0 Å². The molecule has 0 aromatic rings. The van der Waals surface area contributed by atoms with Gasteiger partial charge < -0.3 is 10.1 Å². The summed E-state index contributed by atoms with van der Waals surface area (Å²) in [5, 5.41) is 2.86. The number of methoxy groups -OCH3 is 1. The van der Waals surface area contributed by atoms with E-state index in [-0.39, 0.29) is 29.8 Å². The van der Waals surface area contributed by atoms with Crippen LogP contribution in [-0.4, -0.2) is 50.1 Å². The number of nitrogens with one attached hydrogen (secondary N) is 1. The van der Waals surface area contributed by atoms with Gasteiger partial charge in [0.05, 0.1) is 13.2 Å². The summed E-state index contributed by atoms with van der Waals surface area (Å²) >= 11 is 0. The first-order chi connectivity index (χ1) is 9.29. The number of likely N-dealkylation sites (N-methyl/N-ethyl adjacent to an activating group) is 1. The molecule has 0 aromatic carbocycles. The minimum atomic E-state index is -0.580. The number of rotatable bonds is 8. The highest BCUT2D eigenvalue weighted by Crippen LogP contribution is 2.15. The number of hydrogen-bond donors (Lipinski definition) is 1. The van der Waals surface area contributed by atoms with Crippen LogP contribution >= 0.6 is 0 Å². The number of amides is 1. The zero-order valence-electron chi connectivity index (χ0n) is 13.9. The molecule has 1 amide bonds. The van der Waals surface area contributed by atoms with Crippen LogP contribution in [0.4, 0.5) is 0 Å². The molecule has 0 saturated heterocycles. The van der Waals surface area contributed by atoms with Crippen molar-refractivity contribution in [2.24, 2.45) is 11.8 Å². The first-order valence-electron chi connectivity index (χ1n) is 7.34. The molecule has 0 radical (unpaired) electrons. The van der Waals surface area contributed by atoms with Crippen LogP contribution in [0.15, 0.2) is 0 Å². The minimum absolute atomic E-state index is 0.0474. The third kappa shape index (κ3) is 5.12. The Bertz CT molecular complexity index is 318. The first-order valence-corrected chi connectivity index (χ1v) is 7.34. The van der Waals surface area contributed by atoms with Gasteiger partial charge in [0.25, 0.3) is 0 Å². The molecule has 0 aliphatic carbocycles. The number of nitrogens with zero attached hydrogens (tertiary/aromatic N) is 1. The van der Waals surface area contributed by atoms with Gasteiger partial charge in [-0.3, -0.25) is 9.69 Å². The number of carbonyl (C=O) groups excluding carboxylic acids is 2. The van der Waals surface area contributed by atoms with Crippen molar-refractivity contribution in [3.63, 3.8) is 0 Å². The van der Waals surface area contributed by atoms with E-state index < -0.39 is 6.04 Å². The lowest BCUT2D eigenvalue weighted by atomic mass is 9.95. The fraction of sp³-hybridized carbons (Fsp3) is 0.867. The fourth-order valence-corrected chi connectivity index (χ4v) is 2.26.